The maximum absolute atomic E-state index is 8.84. The average molecular weight is 269 g/mol. The normalized spacial score (nSPS) is 11.8. The molecule has 0 aliphatic rings. The van der Waals surface area contributed by atoms with Gasteiger partial charge in [-0.25, -0.2) is 0 Å². The van der Waals surface area contributed by atoms with E-state index in [1.165, 1.54) is 16.7 Å². The van der Waals surface area contributed by atoms with Crippen molar-refractivity contribution < 1.29 is 9.84 Å². The summed E-state index contributed by atoms with van der Waals surface area (Å²) in [6.07, 6.45) is 3.71. The third kappa shape index (κ3) is 3.50. The van der Waals surface area contributed by atoms with Crippen LogP contribution in [0, 0.1) is 13.8 Å². The van der Waals surface area contributed by atoms with E-state index >= 15 is 0 Å². The number of hydrogen-bond acceptors (Lipinski definition) is 2. The zero-order valence-electron chi connectivity index (χ0n) is 11.5. The first-order chi connectivity index (χ1) is 8.51. The maximum atomic E-state index is 8.84. The summed E-state index contributed by atoms with van der Waals surface area (Å²) in [6.45, 7) is 6.24. The van der Waals surface area contributed by atoms with Gasteiger partial charge < -0.3 is 9.84 Å². The first-order valence-electron chi connectivity index (χ1n) is 6.10. The Morgan fingerprint density at radius 2 is 2.11 bits per heavy atom. The Balaban J connectivity index is 2.96. The van der Waals surface area contributed by atoms with Crippen LogP contribution in [0.25, 0.3) is 0 Å². The Morgan fingerprint density at radius 1 is 1.44 bits per heavy atom. The Labute approximate surface area is 114 Å². The van der Waals surface area contributed by atoms with Gasteiger partial charge in [0.05, 0.1) is 18.7 Å². The lowest BCUT2D eigenvalue weighted by molar-refractivity contribution is 0.341. The van der Waals surface area contributed by atoms with Gasteiger partial charge in [-0.2, -0.15) is 0 Å². The van der Waals surface area contributed by atoms with Crippen molar-refractivity contribution in [3.8, 4) is 5.75 Å². The molecule has 18 heavy (non-hydrogen) atoms. The van der Waals surface area contributed by atoms with Gasteiger partial charge in [0, 0.05) is 0 Å². The number of aliphatic hydroxyl groups excluding tert-OH is 1. The molecule has 0 heterocycles. The minimum absolute atomic E-state index is 0.104. The number of hydrogen-bond donors (Lipinski definition) is 1. The lowest BCUT2D eigenvalue weighted by Gasteiger charge is -2.15. The molecule has 0 atom stereocenters. The van der Waals surface area contributed by atoms with Crippen LogP contribution >= 0.6 is 11.6 Å². The average Bonchev–Trinajstić information content (AvgIpc) is 2.34. The van der Waals surface area contributed by atoms with Crippen molar-refractivity contribution in [3.05, 3.63) is 39.4 Å². The summed E-state index contributed by atoms with van der Waals surface area (Å²) in [5.41, 5.74) is 4.76. The van der Waals surface area contributed by atoms with Gasteiger partial charge in [-0.3, -0.25) is 0 Å². The highest BCUT2D eigenvalue weighted by molar-refractivity contribution is 6.33. The topological polar surface area (TPSA) is 29.5 Å². The minimum atomic E-state index is 0.104. The second kappa shape index (κ2) is 6.81. The van der Waals surface area contributed by atoms with Crippen molar-refractivity contribution in [1.82, 2.24) is 0 Å². The summed E-state index contributed by atoms with van der Waals surface area (Å²) in [5.74, 6) is 0.734. The van der Waals surface area contributed by atoms with Crippen LogP contribution in [-0.2, 0) is 6.42 Å². The molecular weight excluding hydrogens is 248 g/mol. The first kappa shape index (κ1) is 15.1. The van der Waals surface area contributed by atoms with Gasteiger partial charge in [0.2, 0.25) is 0 Å². The van der Waals surface area contributed by atoms with Crippen LogP contribution in [0.3, 0.4) is 0 Å². The number of benzene rings is 1. The Kier molecular flexibility index (Phi) is 5.70. The van der Waals surface area contributed by atoms with Crippen molar-refractivity contribution in [1.29, 1.82) is 0 Å². The number of aryl methyl sites for hydroxylation is 1. The number of methoxy groups -OCH3 is 1. The fourth-order valence-electron chi connectivity index (χ4n) is 2.07. The highest BCUT2D eigenvalue weighted by atomic mass is 35.5. The van der Waals surface area contributed by atoms with E-state index in [0.29, 0.717) is 5.02 Å². The molecule has 0 spiro atoms. The van der Waals surface area contributed by atoms with Gasteiger partial charge in [0.1, 0.15) is 5.75 Å². The monoisotopic (exact) mass is 268 g/mol. The van der Waals surface area contributed by atoms with Crippen molar-refractivity contribution in [2.45, 2.75) is 33.6 Å². The van der Waals surface area contributed by atoms with Gasteiger partial charge in [-0.1, -0.05) is 23.3 Å². The number of allylic oxidation sites excluding steroid dienone is 1. The van der Waals surface area contributed by atoms with Gasteiger partial charge in [-0.05, 0) is 56.4 Å². The fraction of sp³-hybridized carbons (Fsp3) is 0.467. The molecule has 3 heteroatoms. The minimum Gasteiger partial charge on any atom is -0.495 e. The molecular formula is C15H21ClO2. The summed E-state index contributed by atoms with van der Waals surface area (Å²) in [4.78, 5) is 0. The second-order valence-corrected chi connectivity index (χ2v) is 4.92. The molecule has 2 nitrogen and oxygen atoms in total. The molecule has 0 aromatic heterocycles. The van der Waals surface area contributed by atoms with E-state index in [1.54, 1.807) is 7.11 Å². The molecule has 0 amide bonds. The van der Waals surface area contributed by atoms with E-state index in [2.05, 4.69) is 6.92 Å². The summed E-state index contributed by atoms with van der Waals surface area (Å²) in [5, 5.41) is 9.54. The van der Waals surface area contributed by atoms with Crippen LogP contribution in [0.4, 0.5) is 0 Å². The SMILES string of the molecule is COc1cc(C)c(CCC(C)=CCO)c(C)c1Cl. The molecule has 1 rings (SSSR count). The smallest absolute Gasteiger partial charge is 0.138 e. The molecule has 0 saturated heterocycles. The van der Waals surface area contributed by atoms with E-state index in [9.17, 15) is 0 Å². The van der Waals surface area contributed by atoms with Gasteiger partial charge >= 0.3 is 0 Å². The fourth-order valence-corrected chi connectivity index (χ4v) is 2.32. The molecule has 0 unspecified atom stereocenters. The standard InChI is InChI=1S/C15H21ClO2/c1-10(7-8-17)5-6-13-11(2)9-14(18-4)15(16)12(13)3/h7,9,17H,5-6,8H2,1-4H3. The van der Waals surface area contributed by atoms with E-state index < -0.39 is 0 Å². The molecule has 1 aromatic rings. The third-order valence-electron chi connectivity index (χ3n) is 3.25. The summed E-state index contributed by atoms with van der Waals surface area (Å²) >= 11 is 6.27. The molecule has 0 aliphatic carbocycles. The van der Waals surface area contributed by atoms with E-state index in [-0.39, 0.29) is 6.61 Å². The highest BCUT2D eigenvalue weighted by Crippen LogP contribution is 2.33. The van der Waals surface area contributed by atoms with Crippen LogP contribution in [0.15, 0.2) is 17.7 Å². The number of ether oxygens (including phenoxy) is 1. The van der Waals surface area contributed by atoms with Crippen molar-refractivity contribution in [2.75, 3.05) is 13.7 Å². The Morgan fingerprint density at radius 3 is 2.67 bits per heavy atom. The molecule has 0 radical (unpaired) electrons. The van der Waals surface area contributed by atoms with Crippen LogP contribution in [0.5, 0.6) is 5.75 Å². The van der Waals surface area contributed by atoms with E-state index in [0.717, 1.165) is 24.2 Å². The van der Waals surface area contributed by atoms with Gasteiger partial charge in [0.15, 0.2) is 0 Å². The van der Waals surface area contributed by atoms with Crippen molar-refractivity contribution in [2.24, 2.45) is 0 Å². The van der Waals surface area contributed by atoms with Crippen LogP contribution < -0.4 is 4.74 Å². The highest BCUT2D eigenvalue weighted by Gasteiger charge is 2.11. The maximum Gasteiger partial charge on any atom is 0.138 e. The number of rotatable bonds is 5. The van der Waals surface area contributed by atoms with Crippen molar-refractivity contribution >= 4 is 11.6 Å². The lowest BCUT2D eigenvalue weighted by Crippen LogP contribution is -1.98. The van der Waals surface area contributed by atoms with Gasteiger partial charge in [-0.15, -0.1) is 0 Å². The van der Waals surface area contributed by atoms with Crippen LogP contribution in [-0.4, -0.2) is 18.8 Å². The van der Waals surface area contributed by atoms with Crippen LogP contribution in [0.1, 0.15) is 30.0 Å². The predicted molar refractivity (Wildman–Crippen MR) is 76.6 cm³/mol. The first-order valence-corrected chi connectivity index (χ1v) is 6.48. The van der Waals surface area contributed by atoms with Crippen LogP contribution in [0.2, 0.25) is 5.02 Å². The molecule has 1 aromatic carbocycles. The van der Waals surface area contributed by atoms with E-state index in [1.807, 2.05) is 26.0 Å². The zero-order chi connectivity index (χ0) is 13.7. The Hall–Kier alpha value is -0.990. The van der Waals surface area contributed by atoms with Gasteiger partial charge in [0.25, 0.3) is 0 Å². The lowest BCUT2D eigenvalue weighted by atomic mass is 9.96. The summed E-state index contributed by atoms with van der Waals surface area (Å²) < 4.78 is 5.25. The predicted octanol–water partition coefficient (Wildman–Crippen LogP) is 3.84. The summed E-state index contributed by atoms with van der Waals surface area (Å²) in [6, 6.07) is 1.98. The molecule has 0 fully saturated rings. The quantitative estimate of drug-likeness (QED) is 0.823. The molecule has 0 aliphatic heterocycles. The molecule has 0 bridgehead atoms. The number of halogens is 1. The third-order valence-corrected chi connectivity index (χ3v) is 3.72. The van der Waals surface area contributed by atoms with Crippen molar-refractivity contribution in [3.63, 3.8) is 0 Å². The largest absolute Gasteiger partial charge is 0.495 e. The number of aliphatic hydroxyl groups is 1. The Bertz CT molecular complexity index is 450. The van der Waals surface area contributed by atoms with E-state index in [4.69, 9.17) is 21.4 Å². The molecule has 100 valence electrons. The molecule has 0 saturated carbocycles. The second-order valence-electron chi connectivity index (χ2n) is 4.55. The molecule has 1 N–H and O–H groups in total. The summed E-state index contributed by atoms with van der Waals surface area (Å²) in [7, 11) is 1.63. The zero-order valence-corrected chi connectivity index (χ0v) is 12.3.